The minimum absolute atomic E-state index is 0.00391. The van der Waals surface area contributed by atoms with Gasteiger partial charge in [-0.15, -0.1) is 0 Å². The molecule has 1 saturated heterocycles. The van der Waals surface area contributed by atoms with E-state index in [4.69, 9.17) is 0 Å². The topological polar surface area (TPSA) is 52.6 Å². The molecule has 5 nitrogen and oxygen atoms in total. The van der Waals surface area contributed by atoms with E-state index in [1.807, 2.05) is 18.2 Å². The molecule has 0 atom stereocenters. The van der Waals surface area contributed by atoms with Crippen LogP contribution in [0.4, 0.5) is 0 Å². The Morgan fingerprint density at radius 1 is 1.25 bits per heavy atom. The molecule has 2 amide bonds. The number of nitrogens with zero attached hydrogens (tertiary/aromatic N) is 2. The number of benzene rings is 1. The van der Waals surface area contributed by atoms with E-state index in [1.54, 1.807) is 16.8 Å². The minimum Gasteiger partial charge on any atom is -0.342 e. The van der Waals surface area contributed by atoms with E-state index in [9.17, 15) is 9.59 Å². The summed E-state index contributed by atoms with van der Waals surface area (Å²) in [7, 11) is 1.77. The Kier molecular flexibility index (Phi) is 3.44. The highest BCUT2D eigenvalue weighted by atomic mass is 16.2. The first-order chi connectivity index (χ1) is 9.65. The molecule has 2 aliphatic heterocycles. The van der Waals surface area contributed by atoms with E-state index in [2.05, 4.69) is 5.32 Å². The van der Waals surface area contributed by atoms with Crippen molar-refractivity contribution in [1.29, 1.82) is 0 Å². The summed E-state index contributed by atoms with van der Waals surface area (Å²) in [5.41, 5.74) is 3.20. The highest BCUT2D eigenvalue weighted by Gasteiger charge is 2.26. The van der Waals surface area contributed by atoms with E-state index in [0.29, 0.717) is 18.7 Å². The fourth-order valence-electron chi connectivity index (χ4n) is 2.73. The van der Waals surface area contributed by atoms with Crippen molar-refractivity contribution in [1.82, 2.24) is 15.1 Å². The zero-order chi connectivity index (χ0) is 14.1. The summed E-state index contributed by atoms with van der Waals surface area (Å²) in [4.78, 5) is 27.5. The molecule has 0 saturated carbocycles. The van der Waals surface area contributed by atoms with Gasteiger partial charge < -0.3 is 15.1 Å². The zero-order valence-corrected chi connectivity index (χ0v) is 11.7. The Morgan fingerprint density at radius 2 is 2.10 bits per heavy atom. The predicted molar refractivity (Wildman–Crippen MR) is 75.4 cm³/mol. The van der Waals surface area contributed by atoms with Gasteiger partial charge in [-0.2, -0.15) is 0 Å². The Labute approximate surface area is 118 Å². The average molecular weight is 273 g/mol. The molecule has 20 heavy (non-hydrogen) atoms. The monoisotopic (exact) mass is 273 g/mol. The molecule has 0 aromatic heterocycles. The van der Waals surface area contributed by atoms with Crippen LogP contribution < -0.4 is 5.32 Å². The van der Waals surface area contributed by atoms with Crippen LogP contribution in [-0.2, 0) is 17.8 Å². The summed E-state index contributed by atoms with van der Waals surface area (Å²) in [5, 5.41) is 3.31. The van der Waals surface area contributed by atoms with Gasteiger partial charge in [0.2, 0.25) is 5.91 Å². The first-order valence-corrected chi connectivity index (χ1v) is 7.01. The number of likely N-dealkylation sites (N-methyl/N-ethyl adjacent to an activating group) is 1. The molecule has 0 radical (unpaired) electrons. The Balaban J connectivity index is 1.79. The van der Waals surface area contributed by atoms with Crippen molar-refractivity contribution in [2.75, 3.05) is 33.2 Å². The molecule has 106 valence electrons. The summed E-state index contributed by atoms with van der Waals surface area (Å²) < 4.78 is 0. The molecule has 3 rings (SSSR count). The molecule has 0 unspecified atom stereocenters. The maximum absolute atomic E-state index is 12.5. The third-order valence-electron chi connectivity index (χ3n) is 4.08. The normalized spacial score (nSPS) is 18.9. The van der Waals surface area contributed by atoms with Crippen molar-refractivity contribution < 1.29 is 9.59 Å². The fourth-order valence-corrected chi connectivity index (χ4v) is 2.73. The Morgan fingerprint density at radius 3 is 2.90 bits per heavy atom. The molecule has 2 heterocycles. The summed E-state index contributed by atoms with van der Waals surface area (Å²) >= 11 is 0. The highest BCUT2D eigenvalue weighted by molar-refractivity contribution is 5.97. The van der Waals surface area contributed by atoms with Crippen LogP contribution in [0.2, 0.25) is 0 Å². The van der Waals surface area contributed by atoms with Crippen LogP contribution in [0.1, 0.15) is 21.5 Å². The van der Waals surface area contributed by atoms with Gasteiger partial charge in [0, 0.05) is 32.2 Å². The van der Waals surface area contributed by atoms with Crippen molar-refractivity contribution in [2.24, 2.45) is 0 Å². The van der Waals surface area contributed by atoms with Crippen molar-refractivity contribution in [3.63, 3.8) is 0 Å². The number of piperazine rings is 1. The summed E-state index contributed by atoms with van der Waals surface area (Å²) in [5.74, 6) is -0.0379. The quantitative estimate of drug-likeness (QED) is 0.798. The van der Waals surface area contributed by atoms with E-state index in [0.717, 1.165) is 19.5 Å². The third-order valence-corrected chi connectivity index (χ3v) is 4.08. The molecule has 0 spiro atoms. The standard InChI is InChI=1S/C15H19N3O2/c1-17-6-7-18(10-14(17)19)15(20)12-3-2-11-4-5-16-9-13(11)8-12/h2-3,8,16H,4-7,9-10H2,1H3. The molecule has 1 aromatic rings. The number of rotatable bonds is 1. The summed E-state index contributed by atoms with van der Waals surface area (Å²) in [6, 6.07) is 5.89. The predicted octanol–water partition coefficient (Wildman–Crippen LogP) is 0.246. The molecule has 5 heteroatoms. The van der Waals surface area contributed by atoms with E-state index >= 15 is 0 Å². The van der Waals surface area contributed by atoms with Crippen molar-refractivity contribution in [2.45, 2.75) is 13.0 Å². The van der Waals surface area contributed by atoms with Gasteiger partial charge in [0.25, 0.3) is 5.91 Å². The van der Waals surface area contributed by atoms with Gasteiger partial charge in [0.1, 0.15) is 6.54 Å². The first kappa shape index (κ1) is 13.1. The zero-order valence-electron chi connectivity index (χ0n) is 11.7. The highest BCUT2D eigenvalue weighted by Crippen LogP contribution is 2.17. The second kappa shape index (κ2) is 5.25. The fraction of sp³-hybridized carbons (Fsp3) is 0.467. The van der Waals surface area contributed by atoms with Crippen molar-refractivity contribution in [3.05, 3.63) is 34.9 Å². The third kappa shape index (κ3) is 2.41. The van der Waals surface area contributed by atoms with Crippen LogP contribution in [-0.4, -0.2) is 54.8 Å². The second-order valence-electron chi connectivity index (χ2n) is 5.45. The number of hydrogen-bond acceptors (Lipinski definition) is 3. The van der Waals surface area contributed by atoms with E-state index in [-0.39, 0.29) is 18.4 Å². The maximum Gasteiger partial charge on any atom is 0.254 e. The van der Waals surface area contributed by atoms with Crippen LogP contribution in [0.3, 0.4) is 0 Å². The summed E-state index contributed by atoms with van der Waals surface area (Å²) in [6.45, 7) is 3.21. The smallest absolute Gasteiger partial charge is 0.254 e. The Hall–Kier alpha value is -1.88. The molecule has 0 aliphatic carbocycles. The van der Waals surface area contributed by atoms with Crippen LogP contribution in [0.25, 0.3) is 0 Å². The molecular formula is C15H19N3O2. The lowest BCUT2D eigenvalue weighted by Gasteiger charge is -2.32. The SMILES string of the molecule is CN1CCN(C(=O)c2ccc3c(c2)CNCC3)CC1=O. The van der Waals surface area contributed by atoms with Gasteiger partial charge in [0.15, 0.2) is 0 Å². The molecule has 1 N–H and O–H groups in total. The molecular weight excluding hydrogens is 254 g/mol. The van der Waals surface area contributed by atoms with Crippen LogP contribution >= 0.6 is 0 Å². The number of fused-ring (bicyclic) bond motifs is 1. The number of amides is 2. The largest absolute Gasteiger partial charge is 0.342 e. The average Bonchev–Trinajstić information content (AvgIpc) is 2.49. The van der Waals surface area contributed by atoms with Gasteiger partial charge in [-0.3, -0.25) is 9.59 Å². The van der Waals surface area contributed by atoms with Gasteiger partial charge in [-0.05, 0) is 36.2 Å². The van der Waals surface area contributed by atoms with Crippen molar-refractivity contribution in [3.8, 4) is 0 Å². The van der Waals surface area contributed by atoms with Gasteiger partial charge in [0.05, 0.1) is 0 Å². The lowest BCUT2D eigenvalue weighted by atomic mass is 9.98. The number of nitrogens with one attached hydrogen (secondary N) is 1. The van der Waals surface area contributed by atoms with Gasteiger partial charge in [-0.1, -0.05) is 6.07 Å². The van der Waals surface area contributed by atoms with Crippen LogP contribution in [0.5, 0.6) is 0 Å². The molecule has 2 aliphatic rings. The van der Waals surface area contributed by atoms with E-state index in [1.165, 1.54) is 11.1 Å². The van der Waals surface area contributed by atoms with Crippen molar-refractivity contribution >= 4 is 11.8 Å². The molecule has 1 aromatic carbocycles. The molecule has 0 bridgehead atoms. The van der Waals surface area contributed by atoms with Gasteiger partial charge in [-0.25, -0.2) is 0 Å². The second-order valence-corrected chi connectivity index (χ2v) is 5.45. The Bertz CT molecular complexity index is 556. The van der Waals surface area contributed by atoms with Gasteiger partial charge >= 0.3 is 0 Å². The lowest BCUT2D eigenvalue weighted by molar-refractivity contribution is -0.133. The summed E-state index contributed by atoms with van der Waals surface area (Å²) in [6.07, 6.45) is 1.01. The molecule has 1 fully saturated rings. The maximum atomic E-state index is 12.5. The number of carbonyl (C=O) groups excluding carboxylic acids is 2. The lowest BCUT2D eigenvalue weighted by Crippen LogP contribution is -2.50. The van der Waals surface area contributed by atoms with Crippen LogP contribution in [0, 0.1) is 0 Å². The minimum atomic E-state index is -0.0418. The number of carbonyl (C=O) groups is 2. The number of hydrogen-bond donors (Lipinski definition) is 1. The van der Waals surface area contributed by atoms with Crippen LogP contribution in [0.15, 0.2) is 18.2 Å². The first-order valence-electron chi connectivity index (χ1n) is 7.01. The van der Waals surface area contributed by atoms with E-state index < -0.39 is 0 Å².